The minimum absolute atomic E-state index is 0.0520. The van der Waals surface area contributed by atoms with Gasteiger partial charge in [-0.2, -0.15) is 0 Å². The third-order valence-electron chi connectivity index (χ3n) is 12.8. The summed E-state index contributed by atoms with van der Waals surface area (Å²) in [5, 5.41) is 23.1. The number of hydrogen-bond donors (Lipinski definition) is 3. The number of allylic oxidation sites excluding steroid dienone is 7. The summed E-state index contributed by atoms with van der Waals surface area (Å²) >= 11 is 0. The van der Waals surface area contributed by atoms with E-state index in [4.69, 9.17) is 4.74 Å². The number of ether oxygens (including phenoxy) is 1. The van der Waals surface area contributed by atoms with Crippen LogP contribution in [-0.4, -0.2) is 47.4 Å². The lowest BCUT2D eigenvalue weighted by Gasteiger charge is -2.20. The number of carbonyl (C=O) groups excluding carboxylic acids is 2. The Labute approximate surface area is 404 Å². The maximum atomic E-state index is 12.5. The molecule has 0 bridgehead atoms. The molecule has 0 aromatic rings. The van der Waals surface area contributed by atoms with Crippen molar-refractivity contribution in [3.63, 3.8) is 0 Å². The van der Waals surface area contributed by atoms with Gasteiger partial charge in [0.1, 0.15) is 0 Å². The third-order valence-corrected chi connectivity index (χ3v) is 12.8. The van der Waals surface area contributed by atoms with E-state index in [-0.39, 0.29) is 18.5 Å². The Bertz CT molecular complexity index is 1100. The van der Waals surface area contributed by atoms with Crippen LogP contribution in [0.4, 0.5) is 0 Å². The van der Waals surface area contributed by atoms with Gasteiger partial charge in [-0.25, -0.2) is 0 Å². The Morgan fingerprint density at radius 2 is 0.769 bits per heavy atom. The van der Waals surface area contributed by atoms with E-state index in [1.54, 1.807) is 6.08 Å². The SMILES string of the molecule is CCCCCC/C=C\C/C=C\CCCCCCCC(=O)OCCCC/C=C\CCCCCCC(=O)NC(CO)C(O)/C=C/CCCCCCCCCCCCCCCCCCCCCC. The number of nitrogens with one attached hydrogen (secondary N) is 1. The highest BCUT2D eigenvalue weighted by Crippen LogP contribution is 2.16. The summed E-state index contributed by atoms with van der Waals surface area (Å²) in [6.45, 7) is 4.80. The first-order valence-electron chi connectivity index (χ1n) is 28.4. The Balaban J connectivity index is 3.57. The lowest BCUT2D eigenvalue weighted by molar-refractivity contribution is -0.143. The van der Waals surface area contributed by atoms with Crippen molar-refractivity contribution in [3.05, 3.63) is 48.6 Å². The number of unbranched alkanes of at least 4 members (excludes halogenated alkanes) is 35. The van der Waals surface area contributed by atoms with E-state index in [0.717, 1.165) is 89.9 Å². The second kappa shape index (κ2) is 54.4. The molecule has 380 valence electrons. The maximum absolute atomic E-state index is 12.5. The fourth-order valence-corrected chi connectivity index (χ4v) is 8.42. The average molecular weight is 913 g/mol. The van der Waals surface area contributed by atoms with Gasteiger partial charge in [0.2, 0.25) is 5.91 Å². The minimum atomic E-state index is -0.869. The van der Waals surface area contributed by atoms with Crippen LogP contribution in [0.15, 0.2) is 48.6 Å². The number of hydrogen-bond acceptors (Lipinski definition) is 5. The Kier molecular flexibility index (Phi) is 52.6. The maximum Gasteiger partial charge on any atom is 0.305 e. The lowest BCUT2D eigenvalue weighted by Crippen LogP contribution is -2.45. The highest BCUT2D eigenvalue weighted by Gasteiger charge is 2.18. The Hall–Kier alpha value is -2.18. The molecule has 0 saturated carbocycles. The summed E-state index contributed by atoms with van der Waals surface area (Å²) in [5.74, 6) is -0.156. The van der Waals surface area contributed by atoms with Crippen molar-refractivity contribution in [2.45, 2.75) is 302 Å². The number of carbonyl (C=O) groups is 2. The fraction of sp³-hybridized carbons (Fsp3) is 0.831. The summed E-state index contributed by atoms with van der Waals surface area (Å²) in [5.41, 5.74) is 0. The van der Waals surface area contributed by atoms with Gasteiger partial charge in [0.25, 0.3) is 0 Å². The van der Waals surface area contributed by atoms with Gasteiger partial charge in [-0.1, -0.05) is 236 Å². The largest absolute Gasteiger partial charge is 0.466 e. The third kappa shape index (κ3) is 51.1. The monoisotopic (exact) mass is 912 g/mol. The molecule has 0 aliphatic rings. The molecule has 2 unspecified atom stereocenters. The molecule has 1 amide bonds. The Morgan fingerprint density at radius 3 is 1.20 bits per heavy atom. The predicted octanol–water partition coefficient (Wildman–Crippen LogP) is 17.4. The summed E-state index contributed by atoms with van der Waals surface area (Å²) in [7, 11) is 0. The molecule has 0 aromatic carbocycles. The first-order chi connectivity index (χ1) is 32.0. The van der Waals surface area contributed by atoms with E-state index in [1.807, 2.05) is 6.08 Å². The second-order valence-corrected chi connectivity index (χ2v) is 19.3. The average Bonchev–Trinajstić information content (AvgIpc) is 3.31. The van der Waals surface area contributed by atoms with Crippen LogP contribution in [0.25, 0.3) is 0 Å². The molecule has 0 heterocycles. The molecule has 0 rings (SSSR count). The van der Waals surface area contributed by atoms with E-state index in [9.17, 15) is 19.8 Å². The van der Waals surface area contributed by atoms with Gasteiger partial charge in [0.05, 0.1) is 25.4 Å². The van der Waals surface area contributed by atoms with Gasteiger partial charge in [0.15, 0.2) is 0 Å². The van der Waals surface area contributed by atoms with Gasteiger partial charge in [0, 0.05) is 12.8 Å². The summed E-state index contributed by atoms with van der Waals surface area (Å²) < 4.78 is 5.43. The van der Waals surface area contributed by atoms with Crippen molar-refractivity contribution in [2.24, 2.45) is 0 Å². The summed E-state index contributed by atoms with van der Waals surface area (Å²) in [6.07, 6.45) is 68.4. The van der Waals surface area contributed by atoms with Crippen molar-refractivity contribution in [1.29, 1.82) is 0 Å². The van der Waals surface area contributed by atoms with Crippen LogP contribution in [0, 0.1) is 0 Å². The fourth-order valence-electron chi connectivity index (χ4n) is 8.42. The van der Waals surface area contributed by atoms with Crippen molar-refractivity contribution >= 4 is 11.9 Å². The van der Waals surface area contributed by atoms with E-state index >= 15 is 0 Å². The zero-order chi connectivity index (χ0) is 47.2. The molecule has 0 radical (unpaired) electrons. The molecule has 2 atom stereocenters. The van der Waals surface area contributed by atoms with Gasteiger partial charge >= 0.3 is 5.97 Å². The normalized spacial score (nSPS) is 13.0. The second-order valence-electron chi connectivity index (χ2n) is 19.3. The molecular formula is C59H109NO5. The van der Waals surface area contributed by atoms with Crippen molar-refractivity contribution in [3.8, 4) is 0 Å². The molecule has 0 spiro atoms. The quantitative estimate of drug-likeness (QED) is 0.0321. The van der Waals surface area contributed by atoms with Gasteiger partial charge in [-0.15, -0.1) is 0 Å². The van der Waals surface area contributed by atoms with Crippen molar-refractivity contribution in [2.75, 3.05) is 13.2 Å². The number of aliphatic hydroxyl groups excluding tert-OH is 2. The number of esters is 1. The summed E-state index contributed by atoms with van der Waals surface area (Å²) in [4.78, 5) is 24.5. The Morgan fingerprint density at radius 1 is 0.431 bits per heavy atom. The zero-order valence-corrected chi connectivity index (χ0v) is 43.2. The molecule has 0 aromatic heterocycles. The topological polar surface area (TPSA) is 95.9 Å². The van der Waals surface area contributed by atoms with Crippen LogP contribution in [0.2, 0.25) is 0 Å². The van der Waals surface area contributed by atoms with Gasteiger partial charge < -0.3 is 20.3 Å². The standard InChI is InChI=1S/C59H109NO5/c1-3-5-7-9-11-13-15-17-19-21-22-23-24-25-26-27-29-31-35-39-43-47-51-57(62)56(55-61)60-58(63)52-48-44-40-36-33-34-38-42-46-50-54-65-59(64)53-49-45-41-37-32-30-28-20-18-16-14-12-10-8-6-4-2/h14,16,20,28,34,38,47,51,56-57,61-62H,3-13,15,17-19,21-27,29-33,35-37,39-46,48-50,52-55H2,1-2H3,(H,60,63)/b16-14-,28-20-,38-34-,51-47+. The number of rotatable bonds is 52. The smallest absolute Gasteiger partial charge is 0.305 e. The molecule has 6 nitrogen and oxygen atoms in total. The van der Waals surface area contributed by atoms with Crippen LogP contribution in [-0.2, 0) is 14.3 Å². The number of amides is 1. The molecular weight excluding hydrogens is 803 g/mol. The van der Waals surface area contributed by atoms with Crippen molar-refractivity contribution < 1.29 is 24.5 Å². The van der Waals surface area contributed by atoms with Gasteiger partial charge in [-0.3, -0.25) is 9.59 Å². The molecule has 65 heavy (non-hydrogen) atoms. The summed E-state index contributed by atoms with van der Waals surface area (Å²) in [6, 6.07) is -0.656. The molecule has 0 aliphatic carbocycles. The van der Waals surface area contributed by atoms with Crippen LogP contribution in [0.5, 0.6) is 0 Å². The molecule has 0 fully saturated rings. The highest BCUT2D eigenvalue weighted by atomic mass is 16.5. The molecule has 0 saturated heterocycles. The van der Waals surface area contributed by atoms with E-state index in [0.29, 0.717) is 19.4 Å². The lowest BCUT2D eigenvalue weighted by atomic mass is 10.0. The predicted molar refractivity (Wildman–Crippen MR) is 282 cm³/mol. The van der Waals surface area contributed by atoms with Crippen LogP contribution in [0.3, 0.4) is 0 Å². The van der Waals surface area contributed by atoms with E-state index in [1.165, 1.54) is 173 Å². The van der Waals surface area contributed by atoms with Crippen LogP contribution < -0.4 is 5.32 Å². The number of aliphatic hydroxyl groups is 2. The molecule has 3 N–H and O–H groups in total. The van der Waals surface area contributed by atoms with Crippen molar-refractivity contribution in [1.82, 2.24) is 5.32 Å². The molecule has 6 heteroatoms. The van der Waals surface area contributed by atoms with Crippen LogP contribution >= 0.6 is 0 Å². The minimum Gasteiger partial charge on any atom is -0.466 e. The highest BCUT2D eigenvalue weighted by molar-refractivity contribution is 5.76. The van der Waals surface area contributed by atoms with E-state index in [2.05, 4.69) is 55.6 Å². The van der Waals surface area contributed by atoms with E-state index < -0.39 is 12.1 Å². The first-order valence-corrected chi connectivity index (χ1v) is 28.4. The van der Waals surface area contributed by atoms with Gasteiger partial charge in [-0.05, 0) is 89.9 Å². The zero-order valence-electron chi connectivity index (χ0n) is 43.2. The first kappa shape index (κ1) is 62.8. The molecule has 0 aliphatic heterocycles. The van der Waals surface area contributed by atoms with Crippen LogP contribution in [0.1, 0.15) is 290 Å².